The van der Waals surface area contributed by atoms with E-state index >= 15 is 0 Å². The van der Waals surface area contributed by atoms with E-state index in [0.717, 1.165) is 70.6 Å². The predicted molar refractivity (Wildman–Crippen MR) is 190 cm³/mol. The molecule has 1 N–H and O–H groups in total. The first kappa shape index (κ1) is 41.9. The Morgan fingerprint density at radius 2 is 0.886 bits per heavy atom. The van der Waals surface area contributed by atoms with Gasteiger partial charge in [0.25, 0.3) is 0 Å². The maximum atomic E-state index is 12.5. The molecule has 0 fully saturated rings. The number of rotatable bonds is 33. The smallest absolute Gasteiger partial charge is 0.306 e. The Morgan fingerprint density at radius 3 is 1.43 bits per heavy atom. The Balaban J connectivity index is 3.89. The van der Waals surface area contributed by atoms with Gasteiger partial charge in [-0.25, -0.2) is 0 Å². The van der Waals surface area contributed by atoms with Crippen LogP contribution >= 0.6 is 0 Å². The van der Waals surface area contributed by atoms with Crippen molar-refractivity contribution in [3.8, 4) is 0 Å². The quantitative estimate of drug-likeness (QED) is 0.0454. The third-order valence-electron chi connectivity index (χ3n) is 8.05. The minimum atomic E-state index is -0.730. The third kappa shape index (κ3) is 34.4. The van der Waals surface area contributed by atoms with Gasteiger partial charge in [0, 0.05) is 12.8 Å². The summed E-state index contributed by atoms with van der Waals surface area (Å²) in [7, 11) is 0. The molecule has 0 amide bonds. The molecule has 254 valence electrons. The van der Waals surface area contributed by atoms with Crippen molar-refractivity contribution in [2.45, 2.75) is 193 Å². The van der Waals surface area contributed by atoms with Crippen molar-refractivity contribution in [2.75, 3.05) is 0 Å². The SMILES string of the molecule is CCCCC/C=C\C/C=C\C/C=C\C/C=C\CCCCCCCC(=O)OC(CCCCCCCCC)CCCCCC(=O)O. The number of unbranched alkanes of at least 4 members (excludes halogenated alkanes) is 16. The molecule has 0 aromatic rings. The number of aliphatic carboxylic acids is 1. The van der Waals surface area contributed by atoms with E-state index in [4.69, 9.17) is 9.84 Å². The molecule has 4 nitrogen and oxygen atoms in total. The fourth-order valence-electron chi connectivity index (χ4n) is 5.28. The van der Waals surface area contributed by atoms with Crippen LogP contribution in [0.15, 0.2) is 48.6 Å². The molecular formula is C40H70O4. The number of allylic oxidation sites excluding steroid dienone is 8. The Morgan fingerprint density at radius 1 is 0.500 bits per heavy atom. The summed E-state index contributed by atoms with van der Waals surface area (Å²) in [5.41, 5.74) is 0. The number of carbonyl (C=O) groups is 2. The third-order valence-corrected chi connectivity index (χ3v) is 8.05. The maximum Gasteiger partial charge on any atom is 0.306 e. The highest BCUT2D eigenvalue weighted by Crippen LogP contribution is 2.18. The molecule has 0 aromatic heterocycles. The zero-order chi connectivity index (χ0) is 32.2. The lowest BCUT2D eigenvalue weighted by Gasteiger charge is -2.18. The number of ether oxygens (including phenoxy) is 1. The Bertz CT molecular complexity index is 748. The summed E-state index contributed by atoms with van der Waals surface area (Å²) in [6.45, 7) is 4.49. The molecule has 1 unspecified atom stereocenters. The summed E-state index contributed by atoms with van der Waals surface area (Å²) in [6, 6.07) is 0. The van der Waals surface area contributed by atoms with E-state index in [-0.39, 0.29) is 18.5 Å². The molecule has 0 aliphatic carbocycles. The standard InChI is InChI=1S/C40H70O4/c1-3-5-7-9-11-12-13-14-15-16-17-18-19-20-21-22-23-24-26-28-33-37-40(43)44-38(35-31-29-32-36-39(41)42)34-30-27-25-10-8-6-4-2/h11-12,14-15,17-18,20-21,38H,3-10,13,16,19,22-37H2,1-2H3,(H,41,42)/b12-11-,15-14-,18-17-,21-20-. The van der Waals surface area contributed by atoms with Crippen LogP contribution in [0.3, 0.4) is 0 Å². The molecule has 0 saturated heterocycles. The highest BCUT2D eigenvalue weighted by molar-refractivity contribution is 5.69. The van der Waals surface area contributed by atoms with Crippen molar-refractivity contribution in [1.29, 1.82) is 0 Å². The van der Waals surface area contributed by atoms with E-state index in [1.165, 1.54) is 83.5 Å². The number of esters is 1. The number of hydrogen-bond donors (Lipinski definition) is 1. The van der Waals surface area contributed by atoms with Gasteiger partial charge >= 0.3 is 11.9 Å². The topological polar surface area (TPSA) is 63.6 Å². The minimum absolute atomic E-state index is 0.00611. The monoisotopic (exact) mass is 615 g/mol. The van der Waals surface area contributed by atoms with E-state index < -0.39 is 5.97 Å². The second-order valence-corrected chi connectivity index (χ2v) is 12.4. The Labute approximate surface area is 272 Å². The van der Waals surface area contributed by atoms with Gasteiger partial charge in [0.1, 0.15) is 6.10 Å². The van der Waals surface area contributed by atoms with Crippen LogP contribution in [0.25, 0.3) is 0 Å². The Kier molecular flexibility index (Phi) is 33.7. The van der Waals surface area contributed by atoms with E-state index in [2.05, 4.69) is 62.5 Å². The molecule has 0 radical (unpaired) electrons. The summed E-state index contributed by atoms with van der Waals surface area (Å²) < 4.78 is 5.89. The summed E-state index contributed by atoms with van der Waals surface area (Å²) in [5.74, 6) is -0.781. The van der Waals surface area contributed by atoms with Crippen LogP contribution in [0.5, 0.6) is 0 Å². The van der Waals surface area contributed by atoms with Crippen molar-refractivity contribution in [2.24, 2.45) is 0 Å². The number of carboxylic acid groups (broad SMARTS) is 1. The van der Waals surface area contributed by atoms with Crippen LogP contribution in [0.2, 0.25) is 0 Å². The van der Waals surface area contributed by atoms with Gasteiger partial charge in [-0.2, -0.15) is 0 Å². The largest absolute Gasteiger partial charge is 0.481 e. The van der Waals surface area contributed by atoms with Gasteiger partial charge in [-0.1, -0.05) is 140 Å². The molecule has 0 aliphatic heterocycles. The van der Waals surface area contributed by atoms with Gasteiger partial charge in [0.2, 0.25) is 0 Å². The second kappa shape index (κ2) is 35.4. The highest BCUT2D eigenvalue weighted by atomic mass is 16.5. The van der Waals surface area contributed by atoms with E-state index in [0.29, 0.717) is 12.8 Å². The molecule has 44 heavy (non-hydrogen) atoms. The number of carboxylic acids is 1. The van der Waals surface area contributed by atoms with E-state index in [1.807, 2.05) is 0 Å². The van der Waals surface area contributed by atoms with Crippen molar-refractivity contribution in [3.05, 3.63) is 48.6 Å². The fourth-order valence-corrected chi connectivity index (χ4v) is 5.28. The number of carbonyl (C=O) groups excluding carboxylic acids is 1. The molecular weight excluding hydrogens is 544 g/mol. The van der Waals surface area contributed by atoms with E-state index in [9.17, 15) is 9.59 Å². The predicted octanol–water partition coefficient (Wildman–Crippen LogP) is 12.8. The molecule has 0 bridgehead atoms. The first-order valence-corrected chi connectivity index (χ1v) is 18.6. The summed E-state index contributed by atoms with van der Waals surface area (Å²) in [5, 5.41) is 8.84. The Hall–Kier alpha value is -2.10. The van der Waals surface area contributed by atoms with Crippen LogP contribution in [0, 0.1) is 0 Å². The first-order valence-electron chi connectivity index (χ1n) is 18.6. The van der Waals surface area contributed by atoms with E-state index in [1.54, 1.807) is 0 Å². The number of hydrogen-bond acceptors (Lipinski definition) is 3. The average molecular weight is 615 g/mol. The molecule has 0 aromatic carbocycles. The summed E-state index contributed by atoms with van der Waals surface area (Å²) in [6.07, 6.45) is 47.0. The van der Waals surface area contributed by atoms with Gasteiger partial charge < -0.3 is 9.84 Å². The molecule has 0 spiro atoms. The van der Waals surface area contributed by atoms with Gasteiger partial charge in [0.05, 0.1) is 0 Å². The van der Waals surface area contributed by atoms with Crippen molar-refractivity contribution in [1.82, 2.24) is 0 Å². The minimum Gasteiger partial charge on any atom is -0.481 e. The maximum absolute atomic E-state index is 12.5. The van der Waals surface area contributed by atoms with Gasteiger partial charge in [-0.15, -0.1) is 0 Å². The summed E-state index contributed by atoms with van der Waals surface area (Å²) >= 11 is 0. The molecule has 4 heteroatoms. The molecule has 0 saturated carbocycles. The fraction of sp³-hybridized carbons (Fsp3) is 0.750. The lowest BCUT2D eigenvalue weighted by Crippen LogP contribution is -2.18. The zero-order valence-corrected chi connectivity index (χ0v) is 29.0. The lowest BCUT2D eigenvalue weighted by molar-refractivity contribution is -0.150. The van der Waals surface area contributed by atoms with Crippen LogP contribution in [0.1, 0.15) is 187 Å². The van der Waals surface area contributed by atoms with Gasteiger partial charge in [-0.05, 0) is 83.5 Å². The molecule has 0 heterocycles. The van der Waals surface area contributed by atoms with Crippen LogP contribution in [0.4, 0.5) is 0 Å². The van der Waals surface area contributed by atoms with Gasteiger partial charge in [-0.3, -0.25) is 9.59 Å². The molecule has 1 atom stereocenters. The second-order valence-electron chi connectivity index (χ2n) is 12.4. The normalized spacial score (nSPS) is 12.8. The zero-order valence-electron chi connectivity index (χ0n) is 29.0. The van der Waals surface area contributed by atoms with Crippen LogP contribution in [-0.2, 0) is 14.3 Å². The first-order chi connectivity index (χ1) is 21.6. The lowest BCUT2D eigenvalue weighted by atomic mass is 10.0. The molecule has 0 aliphatic rings. The van der Waals surface area contributed by atoms with Gasteiger partial charge in [0.15, 0.2) is 0 Å². The van der Waals surface area contributed by atoms with Crippen molar-refractivity contribution < 1.29 is 19.4 Å². The molecule has 0 rings (SSSR count). The van der Waals surface area contributed by atoms with Crippen molar-refractivity contribution in [3.63, 3.8) is 0 Å². The van der Waals surface area contributed by atoms with Crippen molar-refractivity contribution >= 4 is 11.9 Å². The highest BCUT2D eigenvalue weighted by Gasteiger charge is 2.14. The van der Waals surface area contributed by atoms with Crippen LogP contribution < -0.4 is 0 Å². The average Bonchev–Trinajstić information content (AvgIpc) is 3.00. The van der Waals surface area contributed by atoms with Crippen LogP contribution in [-0.4, -0.2) is 23.1 Å². The summed E-state index contributed by atoms with van der Waals surface area (Å²) in [4.78, 5) is 23.3.